The van der Waals surface area contributed by atoms with Crippen molar-refractivity contribution in [3.63, 3.8) is 0 Å². The molecular weight excluding hydrogens is 464 g/mol. The van der Waals surface area contributed by atoms with Crippen LogP contribution >= 0.6 is 0 Å². The summed E-state index contributed by atoms with van der Waals surface area (Å²) in [5.41, 5.74) is 5.98. The summed E-state index contributed by atoms with van der Waals surface area (Å²) in [6.45, 7) is 4.32. The zero-order valence-electron chi connectivity index (χ0n) is 22.1. The lowest BCUT2D eigenvalue weighted by atomic mass is 9.56. The summed E-state index contributed by atoms with van der Waals surface area (Å²) < 4.78 is 0. The third-order valence-corrected chi connectivity index (χ3v) is 8.08. The summed E-state index contributed by atoms with van der Waals surface area (Å²) in [5.74, 6) is -1.01. The van der Waals surface area contributed by atoms with E-state index in [1.807, 2.05) is 84.9 Å². The smallest absolute Gasteiger partial charge is 0.170 e. The maximum Gasteiger partial charge on any atom is 0.170 e. The van der Waals surface area contributed by atoms with E-state index < -0.39 is 11.8 Å². The van der Waals surface area contributed by atoms with Gasteiger partial charge in [-0.25, -0.2) is 0 Å². The summed E-state index contributed by atoms with van der Waals surface area (Å²) >= 11 is 0. The first-order valence-corrected chi connectivity index (χ1v) is 13.7. The van der Waals surface area contributed by atoms with Crippen LogP contribution in [0.25, 0.3) is 0 Å². The van der Waals surface area contributed by atoms with Gasteiger partial charge in [0, 0.05) is 28.9 Å². The molecule has 38 heavy (non-hydrogen) atoms. The molecular formula is C36H34O2. The fourth-order valence-electron chi connectivity index (χ4n) is 6.50. The number of ketones is 2. The number of benzene rings is 4. The molecule has 2 heteroatoms. The fraction of sp³-hybridized carbons (Fsp3) is 0.222. The Labute approximate surface area is 226 Å². The third-order valence-electron chi connectivity index (χ3n) is 8.08. The predicted octanol–water partition coefficient (Wildman–Crippen LogP) is 8.68. The molecule has 0 amide bonds. The van der Waals surface area contributed by atoms with Crippen molar-refractivity contribution >= 4 is 11.6 Å². The van der Waals surface area contributed by atoms with E-state index in [0.717, 1.165) is 24.0 Å². The number of carbonyl (C=O) groups excluding carboxylic acids is 2. The van der Waals surface area contributed by atoms with Crippen molar-refractivity contribution in [3.05, 3.63) is 155 Å². The molecule has 0 aromatic heterocycles. The molecule has 2 nitrogen and oxygen atoms in total. The molecule has 0 bridgehead atoms. The van der Waals surface area contributed by atoms with Crippen LogP contribution in [0.15, 0.2) is 132 Å². The largest absolute Gasteiger partial charge is 0.294 e. The number of hydrogen-bond acceptors (Lipinski definition) is 2. The van der Waals surface area contributed by atoms with Gasteiger partial charge in [-0.15, -0.1) is 0 Å². The van der Waals surface area contributed by atoms with E-state index in [4.69, 9.17) is 0 Å². The molecule has 0 unspecified atom stereocenters. The van der Waals surface area contributed by atoms with E-state index in [2.05, 4.69) is 50.2 Å². The zero-order chi connectivity index (χ0) is 26.5. The minimum Gasteiger partial charge on any atom is -0.294 e. The zero-order valence-corrected chi connectivity index (χ0v) is 22.1. The molecule has 0 saturated heterocycles. The van der Waals surface area contributed by atoms with Gasteiger partial charge in [-0.1, -0.05) is 146 Å². The van der Waals surface area contributed by atoms with Crippen LogP contribution in [0.1, 0.15) is 70.4 Å². The first-order valence-electron chi connectivity index (χ1n) is 13.7. The highest BCUT2D eigenvalue weighted by Gasteiger charge is 2.50. The molecule has 0 spiro atoms. The van der Waals surface area contributed by atoms with Crippen LogP contribution in [0.2, 0.25) is 0 Å². The van der Waals surface area contributed by atoms with Gasteiger partial charge in [0.25, 0.3) is 0 Å². The molecule has 0 radical (unpaired) electrons. The number of rotatable bonds is 8. The van der Waals surface area contributed by atoms with Crippen molar-refractivity contribution < 1.29 is 9.59 Å². The second-order valence-electron chi connectivity index (χ2n) is 10.0. The van der Waals surface area contributed by atoms with Crippen molar-refractivity contribution in [2.45, 2.75) is 38.5 Å². The van der Waals surface area contributed by atoms with Gasteiger partial charge in [0.2, 0.25) is 0 Å². The molecule has 0 fully saturated rings. The molecule has 1 aliphatic rings. The van der Waals surface area contributed by atoms with Crippen LogP contribution < -0.4 is 0 Å². The lowest BCUT2D eigenvalue weighted by molar-refractivity contribution is 0.0798. The maximum absolute atomic E-state index is 14.6. The Morgan fingerprint density at radius 3 is 1.42 bits per heavy atom. The molecule has 0 heterocycles. The Kier molecular flexibility index (Phi) is 7.79. The lowest BCUT2D eigenvalue weighted by Crippen LogP contribution is -2.42. The van der Waals surface area contributed by atoms with Gasteiger partial charge in [-0.05, 0) is 24.0 Å². The summed E-state index contributed by atoms with van der Waals surface area (Å²) in [6.07, 6.45) is 1.56. The second kappa shape index (κ2) is 11.6. The fourth-order valence-corrected chi connectivity index (χ4v) is 6.50. The molecule has 1 aliphatic carbocycles. The van der Waals surface area contributed by atoms with Gasteiger partial charge in [-0.3, -0.25) is 9.59 Å². The Balaban J connectivity index is 1.82. The van der Waals surface area contributed by atoms with Crippen LogP contribution in [0.4, 0.5) is 0 Å². The lowest BCUT2D eigenvalue weighted by Gasteiger charge is -2.45. The summed E-state index contributed by atoms with van der Waals surface area (Å²) in [4.78, 5) is 29.0. The molecule has 190 valence electrons. The summed E-state index contributed by atoms with van der Waals surface area (Å²) in [5, 5.41) is 0. The van der Waals surface area contributed by atoms with Crippen LogP contribution in [0, 0.1) is 11.8 Å². The van der Waals surface area contributed by atoms with Crippen molar-refractivity contribution in [1.29, 1.82) is 0 Å². The van der Waals surface area contributed by atoms with E-state index in [-0.39, 0.29) is 23.4 Å². The molecule has 4 aromatic carbocycles. The monoisotopic (exact) mass is 498 g/mol. The van der Waals surface area contributed by atoms with Crippen molar-refractivity contribution in [2.75, 3.05) is 0 Å². The Morgan fingerprint density at radius 1 is 0.526 bits per heavy atom. The van der Waals surface area contributed by atoms with Gasteiger partial charge in [0.15, 0.2) is 11.6 Å². The average molecular weight is 499 g/mol. The molecule has 4 aromatic rings. The van der Waals surface area contributed by atoms with Crippen LogP contribution in [-0.2, 0) is 0 Å². The Bertz CT molecular complexity index is 1410. The van der Waals surface area contributed by atoms with Crippen LogP contribution in [0.3, 0.4) is 0 Å². The molecule has 0 N–H and O–H groups in total. The number of allylic oxidation sites excluding steroid dienone is 2. The molecule has 0 saturated carbocycles. The van der Waals surface area contributed by atoms with Gasteiger partial charge >= 0.3 is 0 Å². The summed E-state index contributed by atoms with van der Waals surface area (Å²) in [6, 6.07) is 39.8. The number of hydrogen-bond donors (Lipinski definition) is 0. The van der Waals surface area contributed by atoms with Crippen LogP contribution in [0.5, 0.6) is 0 Å². The minimum atomic E-state index is -0.412. The van der Waals surface area contributed by atoms with Gasteiger partial charge in [0.1, 0.15) is 0 Å². The van der Waals surface area contributed by atoms with Gasteiger partial charge in [0.05, 0.1) is 5.92 Å². The Hall–Kier alpha value is -4.04. The van der Waals surface area contributed by atoms with E-state index in [9.17, 15) is 9.59 Å². The van der Waals surface area contributed by atoms with E-state index in [1.54, 1.807) is 0 Å². The average Bonchev–Trinajstić information content (AvgIpc) is 3.00. The van der Waals surface area contributed by atoms with E-state index in [1.165, 1.54) is 11.1 Å². The number of carbonyl (C=O) groups is 2. The Morgan fingerprint density at radius 2 is 0.947 bits per heavy atom. The molecule has 0 aliphatic heterocycles. The summed E-state index contributed by atoms with van der Waals surface area (Å²) in [7, 11) is 0. The van der Waals surface area contributed by atoms with Gasteiger partial charge in [-0.2, -0.15) is 0 Å². The normalized spacial score (nSPS) is 21.2. The highest BCUT2D eigenvalue weighted by molar-refractivity contribution is 6.04. The SMILES string of the molecule is CCC1=C(CC)[C@H](c2ccccc2)[C@H](C(=O)c2ccccc2)[C@H](c2ccccc2)[C@H]1C(=O)c1ccccc1. The third kappa shape index (κ3) is 4.79. The van der Waals surface area contributed by atoms with Crippen molar-refractivity contribution in [3.8, 4) is 0 Å². The second-order valence-corrected chi connectivity index (χ2v) is 10.0. The van der Waals surface area contributed by atoms with E-state index in [0.29, 0.717) is 11.1 Å². The molecule has 4 atom stereocenters. The van der Waals surface area contributed by atoms with Crippen molar-refractivity contribution in [1.82, 2.24) is 0 Å². The minimum absolute atomic E-state index is 0.0969. The van der Waals surface area contributed by atoms with Crippen LogP contribution in [-0.4, -0.2) is 11.6 Å². The van der Waals surface area contributed by atoms with Crippen molar-refractivity contribution in [2.24, 2.45) is 11.8 Å². The quantitative estimate of drug-likeness (QED) is 0.180. The first kappa shape index (κ1) is 25.6. The first-order chi connectivity index (χ1) is 18.7. The molecule has 5 rings (SSSR count). The highest BCUT2D eigenvalue weighted by Crippen LogP contribution is 2.55. The van der Waals surface area contributed by atoms with E-state index >= 15 is 0 Å². The predicted molar refractivity (Wildman–Crippen MR) is 154 cm³/mol. The van der Waals surface area contributed by atoms with Gasteiger partial charge < -0.3 is 0 Å². The maximum atomic E-state index is 14.6. The number of Topliss-reactive ketones (excluding diaryl/α,β-unsaturated/α-hetero) is 2. The highest BCUT2D eigenvalue weighted by atomic mass is 16.1. The standard InChI is InChI=1S/C36H34O2/c1-3-29-30(4-2)33(35(37)27-21-13-7-14-22-27)32(26-19-11-6-12-20-26)34(31(29)25-17-9-5-10-18-25)36(38)28-23-15-8-16-24-28/h5-24,31-34H,3-4H2,1-2H3/t31-,32+,33-,34-/m0/s1. The topological polar surface area (TPSA) is 34.1 Å².